The lowest BCUT2D eigenvalue weighted by atomic mass is 9.97. The Morgan fingerprint density at radius 2 is 1.74 bits per heavy atom. The highest BCUT2D eigenvalue weighted by Gasteiger charge is 2.28. The van der Waals surface area contributed by atoms with Crippen molar-refractivity contribution < 1.29 is 14.3 Å². The topological polar surface area (TPSA) is 84.4 Å². The molecule has 0 unspecified atom stereocenters. The molecule has 3 aromatic heterocycles. The fraction of sp³-hybridized carbons (Fsp3) is 0.241. The van der Waals surface area contributed by atoms with Crippen LogP contribution >= 0.6 is 22.7 Å². The number of nitrogens with zero attached hydrogens (tertiary/aromatic N) is 3. The van der Waals surface area contributed by atoms with Crippen molar-refractivity contribution in [2.45, 2.75) is 25.3 Å². The van der Waals surface area contributed by atoms with Crippen molar-refractivity contribution in [3.05, 3.63) is 87.3 Å². The van der Waals surface area contributed by atoms with Crippen molar-refractivity contribution in [2.75, 3.05) is 20.2 Å². The average Bonchev–Trinajstić information content (AvgIpc) is 3.63. The predicted octanol–water partition coefficient (Wildman–Crippen LogP) is 5.86. The molecule has 1 saturated heterocycles. The van der Waals surface area contributed by atoms with E-state index < -0.39 is 0 Å². The Morgan fingerprint density at radius 3 is 2.55 bits per heavy atom. The molecule has 1 N–H and O–H groups in total. The molecule has 192 valence electrons. The van der Waals surface area contributed by atoms with Crippen molar-refractivity contribution in [3.8, 4) is 5.75 Å². The zero-order valence-corrected chi connectivity index (χ0v) is 22.5. The van der Waals surface area contributed by atoms with E-state index in [1.54, 1.807) is 24.5 Å². The van der Waals surface area contributed by atoms with Crippen LogP contribution in [-0.4, -0.2) is 46.9 Å². The summed E-state index contributed by atoms with van der Waals surface area (Å²) in [5.74, 6) is 0.625. The number of carbonyl (C=O) groups excluding carboxylic acids is 2. The minimum atomic E-state index is -0.160. The van der Waals surface area contributed by atoms with Crippen molar-refractivity contribution in [3.63, 3.8) is 0 Å². The summed E-state index contributed by atoms with van der Waals surface area (Å²) in [6.45, 7) is 1.71. The number of carbonyl (C=O) groups is 2. The van der Waals surface area contributed by atoms with E-state index in [9.17, 15) is 9.59 Å². The van der Waals surface area contributed by atoms with Gasteiger partial charge in [-0.2, -0.15) is 0 Å². The van der Waals surface area contributed by atoms with E-state index in [-0.39, 0.29) is 17.7 Å². The number of piperidine rings is 1. The number of hydrogen-bond acceptors (Lipinski definition) is 7. The summed E-state index contributed by atoms with van der Waals surface area (Å²) < 4.78 is 6.73. The van der Waals surface area contributed by atoms with Gasteiger partial charge in [0, 0.05) is 47.1 Å². The number of nitrogens with one attached hydrogen (secondary N) is 1. The zero-order chi connectivity index (χ0) is 26.1. The number of fused-ring (bicyclic) bond motifs is 2. The molecule has 2 aromatic carbocycles. The zero-order valence-electron chi connectivity index (χ0n) is 20.8. The molecule has 0 atom stereocenters. The van der Waals surface area contributed by atoms with Gasteiger partial charge in [-0.15, -0.1) is 22.7 Å². The molecule has 1 aliphatic rings. The molecule has 0 radical (unpaired) electrons. The van der Waals surface area contributed by atoms with Crippen molar-refractivity contribution in [2.24, 2.45) is 0 Å². The maximum Gasteiger partial charge on any atom is 0.272 e. The van der Waals surface area contributed by atoms with Crippen LogP contribution in [0.3, 0.4) is 0 Å². The van der Waals surface area contributed by atoms with Crippen LogP contribution in [0.25, 0.3) is 21.0 Å². The number of rotatable bonds is 6. The van der Waals surface area contributed by atoms with E-state index in [1.807, 2.05) is 46.7 Å². The number of pyridine rings is 1. The Labute approximate surface area is 228 Å². The molecule has 0 spiro atoms. The van der Waals surface area contributed by atoms with Crippen molar-refractivity contribution >= 4 is 55.5 Å². The average molecular weight is 543 g/mol. The van der Waals surface area contributed by atoms with Crippen LogP contribution in [0.1, 0.15) is 50.3 Å². The predicted molar refractivity (Wildman–Crippen MR) is 151 cm³/mol. The molecule has 0 aliphatic carbocycles. The monoisotopic (exact) mass is 542 g/mol. The van der Waals surface area contributed by atoms with Crippen molar-refractivity contribution in [1.29, 1.82) is 0 Å². The number of hydrogen-bond donors (Lipinski definition) is 1. The van der Waals surface area contributed by atoms with Gasteiger partial charge < -0.3 is 15.0 Å². The van der Waals surface area contributed by atoms with Crippen LogP contribution in [0.5, 0.6) is 5.75 Å². The molecule has 0 bridgehead atoms. The Balaban J connectivity index is 1.07. The minimum Gasteiger partial charge on any atom is -0.496 e. The van der Waals surface area contributed by atoms with E-state index in [2.05, 4.69) is 32.8 Å². The number of likely N-dealkylation sites (tertiary alicyclic amines) is 1. The van der Waals surface area contributed by atoms with Gasteiger partial charge in [-0.25, -0.2) is 9.97 Å². The second-order valence-corrected chi connectivity index (χ2v) is 11.1. The number of ether oxygens (including phenoxy) is 1. The first-order valence-electron chi connectivity index (χ1n) is 12.5. The van der Waals surface area contributed by atoms with E-state index in [1.165, 1.54) is 21.4 Å². The molecule has 2 amide bonds. The lowest BCUT2D eigenvalue weighted by Crippen LogP contribution is -2.38. The van der Waals surface area contributed by atoms with E-state index in [4.69, 9.17) is 4.74 Å². The number of thiophene rings is 1. The molecule has 9 heteroatoms. The van der Waals surface area contributed by atoms with Gasteiger partial charge in [-0.05, 0) is 47.4 Å². The molecule has 38 heavy (non-hydrogen) atoms. The molecule has 4 heterocycles. The number of thiazole rings is 1. The Morgan fingerprint density at radius 1 is 0.974 bits per heavy atom. The summed E-state index contributed by atoms with van der Waals surface area (Å²) in [5, 5.41) is 9.95. The van der Waals surface area contributed by atoms with Crippen LogP contribution in [0.15, 0.2) is 65.4 Å². The Hall–Kier alpha value is -3.82. The smallest absolute Gasteiger partial charge is 0.272 e. The summed E-state index contributed by atoms with van der Waals surface area (Å²) >= 11 is 3.20. The second kappa shape index (κ2) is 10.5. The number of aromatic nitrogens is 2. The highest BCUT2D eigenvalue weighted by molar-refractivity contribution is 7.17. The summed E-state index contributed by atoms with van der Waals surface area (Å²) in [4.78, 5) is 37.1. The molecule has 7 nitrogen and oxygen atoms in total. The normalized spacial score (nSPS) is 14.2. The molecule has 1 fully saturated rings. The summed E-state index contributed by atoms with van der Waals surface area (Å²) in [6.07, 6.45) is 1.60. The fourth-order valence-corrected chi connectivity index (χ4v) is 6.86. The maximum absolute atomic E-state index is 13.2. The lowest BCUT2D eigenvalue weighted by molar-refractivity contribution is 0.0707. The minimum absolute atomic E-state index is 0.0901. The first-order chi connectivity index (χ1) is 18.6. The summed E-state index contributed by atoms with van der Waals surface area (Å²) in [5.41, 5.74) is 2.71. The molecule has 6 rings (SSSR count). The van der Waals surface area contributed by atoms with Crippen molar-refractivity contribution in [1.82, 2.24) is 20.2 Å². The Kier molecular flexibility index (Phi) is 6.78. The number of methoxy groups -OCH3 is 1. The van der Waals surface area contributed by atoms with Gasteiger partial charge in [0.15, 0.2) is 0 Å². The lowest BCUT2D eigenvalue weighted by Gasteiger charge is -2.31. The molecule has 5 aromatic rings. The second-order valence-electron chi connectivity index (χ2n) is 9.30. The van der Waals surface area contributed by atoms with Gasteiger partial charge in [-0.1, -0.05) is 30.3 Å². The maximum atomic E-state index is 13.2. The van der Waals surface area contributed by atoms with E-state index in [0.29, 0.717) is 36.8 Å². The van der Waals surface area contributed by atoms with E-state index >= 15 is 0 Å². The van der Waals surface area contributed by atoms with E-state index in [0.717, 1.165) is 34.3 Å². The largest absolute Gasteiger partial charge is 0.496 e. The van der Waals surface area contributed by atoms with Gasteiger partial charge in [0.25, 0.3) is 11.8 Å². The number of amides is 2. The van der Waals surface area contributed by atoms with Gasteiger partial charge in [0.2, 0.25) is 0 Å². The van der Waals surface area contributed by atoms with Gasteiger partial charge in [0.05, 0.1) is 17.6 Å². The molecular weight excluding hydrogens is 516 g/mol. The third kappa shape index (κ3) is 4.75. The molecular formula is C29H26N4O3S2. The Bertz CT molecular complexity index is 1640. The fourth-order valence-electron chi connectivity index (χ4n) is 4.93. The number of para-hydroxylation sites is 1. The highest BCUT2D eigenvalue weighted by atomic mass is 32.1. The summed E-state index contributed by atoms with van der Waals surface area (Å²) in [7, 11) is 1.61. The highest BCUT2D eigenvalue weighted by Crippen LogP contribution is 2.32. The first kappa shape index (κ1) is 24.5. The van der Waals surface area contributed by atoms with Crippen LogP contribution < -0.4 is 10.1 Å². The number of benzene rings is 2. The van der Waals surface area contributed by atoms with Crippen LogP contribution in [0, 0.1) is 0 Å². The van der Waals surface area contributed by atoms with Crippen LogP contribution in [-0.2, 0) is 6.54 Å². The van der Waals surface area contributed by atoms with Crippen LogP contribution in [0.4, 0.5) is 0 Å². The third-order valence-corrected chi connectivity index (χ3v) is 9.02. The van der Waals surface area contributed by atoms with Gasteiger partial charge >= 0.3 is 0 Å². The quantitative estimate of drug-likeness (QED) is 0.290. The van der Waals surface area contributed by atoms with Gasteiger partial charge in [-0.3, -0.25) is 9.59 Å². The standard InChI is InChI=1S/C29H26N4O3S2/c1-36-25-14-23(31-22-8-4-2-7-21(22)25)29(35)33-12-10-18(11-13-33)28-32-24(17-38-28)27(34)30-15-19-16-37-26-9-5-3-6-20(19)26/h2-9,14,16-18H,10-13,15H2,1H3,(H,30,34). The van der Waals surface area contributed by atoms with Crippen LogP contribution in [0.2, 0.25) is 0 Å². The molecule has 0 saturated carbocycles. The third-order valence-electron chi connectivity index (χ3n) is 7.00. The summed E-state index contributed by atoms with van der Waals surface area (Å²) in [6, 6.07) is 17.6. The van der Waals surface area contributed by atoms with Gasteiger partial charge in [0.1, 0.15) is 17.1 Å². The SMILES string of the molecule is COc1cc(C(=O)N2CCC(c3nc(C(=O)NCc4csc5ccccc45)cs3)CC2)nc2ccccc12. The first-order valence-corrected chi connectivity index (χ1v) is 14.3. The molecule has 1 aliphatic heterocycles.